The molecule has 16 heavy (non-hydrogen) atoms. The van der Waals surface area contributed by atoms with E-state index in [1.165, 1.54) is 10.5 Å². The van der Waals surface area contributed by atoms with Gasteiger partial charge in [-0.15, -0.1) is 21.5 Å². The van der Waals surface area contributed by atoms with Crippen LogP contribution in [0.5, 0.6) is 0 Å². The molecule has 4 nitrogen and oxygen atoms in total. The summed E-state index contributed by atoms with van der Waals surface area (Å²) in [4.78, 5) is 2.50. The molecule has 0 amide bonds. The maximum Gasteiger partial charge on any atom is 0.185 e. The molecule has 0 spiro atoms. The Morgan fingerprint density at radius 3 is 2.62 bits per heavy atom. The quantitative estimate of drug-likeness (QED) is 0.587. The molecule has 2 rings (SSSR count). The number of hydrogen-bond donors (Lipinski definition) is 0. The molecule has 0 aliphatic carbocycles. The van der Waals surface area contributed by atoms with Crippen molar-refractivity contribution in [1.29, 1.82) is 5.26 Å². The van der Waals surface area contributed by atoms with Crippen LogP contribution >= 0.6 is 11.3 Å². The van der Waals surface area contributed by atoms with Crippen molar-refractivity contribution in [3.8, 4) is 16.8 Å². The summed E-state index contributed by atoms with van der Waals surface area (Å²) in [6.45, 7) is 2.04. The lowest BCUT2D eigenvalue weighted by Crippen LogP contribution is -2.10. The average Bonchev–Trinajstić information content (AvgIpc) is 2.75. The standard InChI is InChI=1S/C11H10N4S/c1-8-5-6-16-11(8)9-3-4-10(14-13-9)15(2)7-12/h3-6H,1-2H3. The van der Waals surface area contributed by atoms with Gasteiger partial charge in [0, 0.05) is 7.05 Å². The third-order valence-corrected chi connectivity index (χ3v) is 3.28. The van der Waals surface area contributed by atoms with Crippen molar-refractivity contribution in [2.45, 2.75) is 6.92 Å². The number of rotatable bonds is 2. The van der Waals surface area contributed by atoms with Crippen LogP contribution in [0.25, 0.3) is 10.6 Å². The first-order valence-electron chi connectivity index (χ1n) is 4.74. The minimum Gasteiger partial charge on any atom is -0.265 e. The largest absolute Gasteiger partial charge is 0.265 e. The molecule has 0 aromatic carbocycles. The highest BCUT2D eigenvalue weighted by Crippen LogP contribution is 2.27. The first-order chi connectivity index (χ1) is 7.72. The molecule has 0 N–H and O–H groups in total. The molecule has 0 aliphatic rings. The molecule has 0 fully saturated rings. The van der Waals surface area contributed by atoms with Gasteiger partial charge in [-0.1, -0.05) is 0 Å². The Hall–Kier alpha value is -1.93. The zero-order valence-electron chi connectivity index (χ0n) is 9.01. The Balaban J connectivity index is 2.34. The van der Waals surface area contributed by atoms with Gasteiger partial charge in [0.15, 0.2) is 12.0 Å². The van der Waals surface area contributed by atoms with Crippen molar-refractivity contribution in [1.82, 2.24) is 10.2 Å². The lowest BCUT2D eigenvalue weighted by molar-refractivity contribution is 0.995. The summed E-state index contributed by atoms with van der Waals surface area (Å²) < 4.78 is 0. The molecule has 0 saturated carbocycles. The fraction of sp³-hybridized carbons (Fsp3) is 0.182. The number of anilines is 1. The lowest BCUT2D eigenvalue weighted by Gasteiger charge is -2.06. The maximum absolute atomic E-state index is 8.70. The number of thiophene rings is 1. The predicted octanol–water partition coefficient (Wildman–Crippen LogP) is 2.43. The summed E-state index contributed by atoms with van der Waals surface area (Å²) in [6, 6.07) is 5.73. The minimum absolute atomic E-state index is 0.556. The summed E-state index contributed by atoms with van der Waals surface area (Å²) in [7, 11) is 1.65. The van der Waals surface area contributed by atoms with E-state index in [0.717, 1.165) is 10.6 Å². The van der Waals surface area contributed by atoms with Crippen molar-refractivity contribution >= 4 is 17.2 Å². The second-order valence-electron chi connectivity index (χ2n) is 3.37. The van der Waals surface area contributed by atoms with Crippen molar-refractivity contribution in [2.75, 3.05) is 11.9 Å². The van der Waals surface area contributed by atoms with Crippen LogP contribution in [0.3, 0.4) is 0 Å². The van der Waals surface area contributed by atoms with Gasteiger partial charge in [0.25, 0.3) is 0 Å². The van der Waals surface area contributed by atoms with Gasteiger partial charge in [-0.25, -0.2) is 0 Å². The highest BCUT2D eigenvalue weighted by atomic mass is 32.1. The Morgan fingerprint density at radius 1 is 1.31 bits per heavy atom. The summed E-state index contributed by atoms with van der Waals surface area (Å²) in [6.07, 6.45) is 1.98. The third-order valence-electron chi connectivity index (χ3n) is 2.24. The molecular formula is C11H10N4S. The fourth-order valence-electron chi connectivity index (χ4n) is 1.31. The Kier molecular flexibility index (Phi) is 2.84. The molecule has 0 aliphatic heterocycles. The van der Waals surface area contributed by atoms with Crippen molar-refractivity contribution < 1.29 is 0 Å². The van der Waals surface area contributed by atoms with E-state index in [9.17, 15) is 0 Å². The van der Waals surface area contributed by atoms with Gasteiger partial charge in [-0.2, -0.15) is 5.26 Å². The number of nitriles is 1. The smallest absolute Gasteiger partial charge is 0.185 e. The van der Waals surface area contributed by atoms with Gasteiger partial charge in [0.1, 0.15) is 5.69 Å². The number of hydrogen-bond acceptors (Lipinski definition) is 5. The SMILES string of the molecule is Cc1ccsc1-c1ccc(N(C)C#N)nn1. The Bertz CT molecular complexity index is 524. The Morgan fingerprint density at radius 2 is 2.12 bits per heavy atom. The van der Waals surface area contributed by atoms with Crippen LogP contribution in [-0.2, 0) is 0 Å². The summed E-state index contributed by atoms with van der Waals surface area (Å²) >= 11 is 1.64. The van der Waals surface area contributed by atoms with E-state index in [1.54, 1.807) is 24.5 Å². The highest BCUT2D eigenvalue weighted by molar-refractivity contribution is 7.13. The zero-order valence-corrected chi connectivity index (χ0v) is 9.82. The average molecular weight is 230 g/mol. The van der Waals surface area contributed by atoms with E-state index in [1.807, 2.05) is 24.6 Å². The van der Waals surface area contributed by atoms with Crippen LogP contribution in [0, 0.1) is 18.4 Å². The van der Waals surface area contributed by atoms with Crippen LogP contribution in [0.1, 0.15) is 5.56 Å². The highest BCUT2D eigenvalue weighted by Gasteiger charge is 2.07. The second-order valence-corrected chi connectivity index (χ2v) is 4.28. The van der Waals surface area contributed by atoms with E-state index >= 15 is 0 Å². The van der Waals surface area contributed by atoms with E-state index in [4.69, 9.17) is 5.26 Å². The van der Waals surface area contributed by atoms with Gasteiger partial charge in [0.05, 0.1) is 4.88 Å². The van der Waals surface area contributed by atoms with Crippen molar-refractivity contribution in [2.24, 2.45) is 0 Å². The first-order valence-corrected chi connectivity index (χ1v) is 5.62. The van der Waals surface area contributed by atoms with Crippen LogP contribution < -0.4 is 4.90 Å². The summed E-state index contributed by atoms with van der Waals surface area (Å²) in [5, 5.41) is 18.9. The number of aromatic nitrogens is 2. The van der Waals surface area contributed by atoms with Crippen LogP contribution in [-0.4, -0.2) is 17.2 Å². The molecule has 0 unspecified atom stereocenters. The van der Waals surface area contributed by atoms with Gasteiger partial charge >= 0.3 is 0 Å². The van der Waals surface area contributed by atoms with Gasteiger partial charge in [-0.3, -0.25) is 4.90 Å². The monoisotopic (exact) mass is 230 g/mol. The van der Waals surface area contributed by atoms with E-state index in [2.05, 4.69) is 16.3 Å². The second kappa shape index (κ2) is 4.29. The number of nitrogens with zero attached hydrogens (tertiary/aromatic N) is 4. The lowest BCUT2D eigenvalue weighted by atomic mass is 10.2. The molecule has 0 atom stereocenters. The topological polar surface area (TPSA) is 52.8 Å². The van der Waals surface area contributed by atoms with Crippen LogP contribution in [0.15, 0.2) is 23.6 Å². The minimum atomic E-state index is 0.556. The van der Waals surface area contributed by atoms with Crippen molar-refractivity contribution in [3.63, 3.8) is 0 Å². The maximum atomic E-state index is 8.70. The zero-order chi connectivity index (χ0) is 11.5. The fourth-order valence-corrected chi connectivity index (χ4v) is 2.20. The van der Waals surface area contributed by atoms with Gasteiger partial charge in [0.2, 0.25) is 0 Å². The molecule has 0 saturated heterocycles. The molecule has 2 aromatic rings. The van der Waals surface area contributed by atoms with E-state index < -0.39 is 0 Å². The molecule has 0 bridgehead atoms. The summed E-state index contributed by atoms with van der Waals surface area (Å²) in [5.41, 5.74) is 2.04. The first kappa shape index (κ1) is 10.6. The van der Waals surface area contributed by atoms with Crippen LogP contribution in [0.4, 0.5) is 5.82 Å². The molecular weight excluding hydrogens is 220 g/mol. The number of aryl methyl sites for hydroxylation is 1. The normalized spacial score (nSPS) is 9.81. The molecule has 0 radical (unpaired) electrons. The molecule has 2 aromatic heterocycles. The van der Waals surface area contributed by atoms with Gasteiger partial charge in [-0.05, 0) is 36.1 Å². The van der Waals surface area contributed by atoms with Crippen LogP contribution in [0.2, 0.25) is 0 Å². The summed E-state index contributed by atoms with van der Waals surface area (Å²) in [5.74, 6) is 0.556. The predicted molar refractivity (Wildman–Crippen MR) is 64.1 cm³/mol. The third kappa shape index (κ3) is 1.88. The van der Waals surface area contributed by atoms with E-state index in [0.29, 0.717) is 5.82 Å². The van der Waals surface area contributed by atoms with E-state index in [-0.39, 0.29) is 0 Å². The molecule has 80 valence electrons. The van der Waals surface area contributed by atoms with Gasteiger partial charge < -0.3 is 0 Å². The molecule has 5 heteroatoms. The van der Waals surface area contributed by atoms with Crippen molar-refractivity contribution in [3.05, 3.63) is 29.1 Å². The molecule has 2 heterocycles. The Labute approximate surface area is 97.8 Å².